The number of benzene rings is 2. The summed E-state index contributed by atoms with van der Waals surface area (Å²) in [5, 5.41) is 9.85. The summed E-state index contributed by atoms with van der Waals surface area (Å²) in [5.41, 5.74) is 1.95. The van der Waals surface area contributed by atoms with Crippen LogP contribution in [-0.4, -0.2) is 5.11 Å². The molecule has 2 nitrogen and oxygen atoms in total. The number of ether oxygens (including phenoxy) is 1. The minimum absolute atomic E-state index is 0.0943. The van der Waals surface area contributed by atoms with E-state index < -0.39 is 0 Å². The molecule has 0 aliphatic rings. The van der Waals surface area contributed by atoms with E-state index in [-0.39, 0.29) is 6.61 Å². The minimum atomic E-state index is -0.0943. The zero-order chi connectivity index (χ0) is 13.0. The van der Waals surface area contributed by atoms with Crippen LogP contribution in [0.5, 0.6) is 11.5 Å². The van der Waals surface area contributed by atoms with Gasteiger partial charge in [0.1, 0.15) is 11.5 Å². The Morgan fingerprint density at radius 1 is 1.11 bits per heavy atom. The fourth-order valence-electron chi connectivity index (χ4n) is 1.69. The maximum absolute atomic E-state index is 9.26. The van der Waals surface area contributed by atoms with Gasteiger partial charge in [0.15, 0.2) is 0 Å². The lowest BCUT2D eigenvalue weighted by molar-refractivity contribution is 0.276. The summed E-state index contributed by atoms with van der Waals surface area (Å²) in [4.78, 5) is 0. The molecule has 0 amide bonds. The predicted molar refractivity (Wildman–Crippen MR) is 73.3 cm³/mol. The van der Waals surface area contributed by atoms with Crippen molar-refractivity contribution in [3.8, 4) is 11.5 Å². The topological polar surface area (TPSA) is 29.5 Å². The van der Waals surface area contributed by atoms with Crippen molar-refractivity contribution in [2.24, 2.45) is 0 Å². The van der Waals surface area contributed by atoms with Gasteiger partial charge in [0.05, 0.1) is 6.61 Å². The van der Waals surface area contributed by atoms with Crippen molar-refractivity contribution in [1.82, 2.24) is 0 Å². The molecule has 2 rings (SSSR count). The zero-order valence-corrected chi connectivity index (χ0v) is 10.9. The van der Waals surface area contributed by atoms with E-state index in [1.807, 2.05) is 24.3 Å². The Morgan fingerprint density at radius 3 is 2.44 bits per heavy atom. The normalized spacial score (nSPS) is 10.4. The Hall–Kier alpha value is -1.51. The van der Waals surface area contributed by atoms with Gasteiger partial charge in [-0.05, 0) is 42.3 Å². The molecule has 0 unspecified atom stereocenters. The van der Waals surface area contributed by atoms with E-state index in [9.17, 15) is 5.11 Å². The molecule has 0 saturated carbocycles. The average molecular weight is 263 g/mol. The lowest BCUT2D eigenvalue weighted by Crippen LogP contribution is -1.92. The summed E-state index contributed by atoms with van der Waals surface area (Å²) < 4.78 is 5.74. The third-order valence-corrected chi connectivity index (χ3v) is 2.99. The highest BCUT2D eigenvalue weighted by Gasteiger charge is 2.05. The van der Waals surface area contributed by atoms with Crippen molar-refractivity contribution in [1.29, 1.82) is 0 Å². The fraction of sp³-hybridized carbons (Fsp3) is 0.200. The lowest BCUT2D eigenvalue weighted by atomic mass is 10.1. The zero-order valence-electron chi connectivity index (χ0n) is 10.2. The van der Waals surface area contributed by atoms with E-state index in [4.69, 9.17) is 16.3 Å². The Labute approximate surface area is 112 Å². The molecule has 0 aliphatic heterocycles. The van der Waals surface area contributed by atoms with E-state index in [0.717, 1.165) is 12.2 Å². The summed E-state index contributed by atoms with van der Waals surface area (Å²) in [6.45, 7) is 2.02. The van der Waals surface area contributed by atoms with Crippen LogP contribution in [0.2, 0.25) is 5.02 Å². The van der Waals surface area contributed by atoms with E-state index >= 15 is 0 Å². The van der Waals surface area contributed by atoms with Crippen LogP contribution in [0.25, 0.3) is 0 Å². The van der Waals surface area contributed by atoms with Gasteiger partial charge < -0.3 is 9.84 Å². The highest BCUT2D eigenvalue weighted by Crippen LogP contribution is 2.28. The van der Waals surface area contributed by atoms with Crippen LogP contribution >= 0.6 is 11.6 Å². The molecule has 0 atom stereocenters. The second kappa shape index (κ2) is 5.89. The number of halogens is 1. The molecule has 0 heterocycles. The molecule has 1 N–H and O–H groups in total. The Balaban J connectivity index is 2.22. The van der Waals surface area contributed by atoms with Gasteiger partial charge in [-0.1, -0.05) is 30.7 Å². The molecule has 0 saturated heterocycles. The molecule has 18 heavy (non-hydrogen) atoms. The lowest BCUT2D eigenvalue weighted by Gasteiger charge is -2.10. The summed E-state index contributed by atoms with van der Waals surface area (Å²) >= 11 is 5.87. The van der Waals surface area contributed by atoms with Gasteiger partial charge in [-0.25, -0.2) is 0 Å². The highest BCUT2D eigenvalue weighted by atomic mass is 35.5. The van der Waals surface area contributed by atoms with Crippen LogP contribution in [0, 0.1) is 0 Å². The van der Waals surface area contributed by atoms with Crippen LogP contribution in [0.4, 0.5) is 0 Å². The number of hydrogen-bond acceptors (Lipinski definition) is 2. The molecular formula is C15H15ClO2. The first-order valence-corrected chi connectivity index (χ1v) is 6.27. The van der Waals surface area contributed by atoms with Gasteiger partial charge in [-0.15, -0.1) is 0 Å². The van der Waals surface area contributed by atoms with Gasteiger partial charge in [0.25, 0.3) is 0 Å². The van der Waals surface area contributed by atoms with Crippen LogP contribution < -0.4 is 4.74 Å². The first-order chi connectivity index (χ1) is 8.72. The van der Waals surface area contributed by atoms with Crippen molar-refractivity contribution >= 4 is 11.6 Å². The number of aliphatic hydroxyl groups is 1. The molecule has 2 aromatic carbocycles. The Kier molecular flexibility index (Phi) is 4.24. The predicted octanol–water partition coefficient (Wildman–Crippen LogP) is 4.19. The Morgan fingerprint density at radius 2 is 1.83 bits per heavy atom. The molecule has 2 aromatic rings. The van der Waals surface area contributed by atoms with Crippen molar-refractivity contribution in [2.45, 2.75) is 20.0 Å². The van der Waals surface area contributed by atoms with Gasteiger partial charge >= 0.3 is 0 Å². The van der Waals surface area contributed by atoms with Crippen LogP contribution in [0.1, 0.15) is 18.1 Å². The summed E-state index contributed by atoms with van der Waals surface area (Å²) in [7, 11) is 0. The number of rotatable bonds is 4. The molecule has 0 radical (unpaired) electrons. The number of aliphatic hydroxyl groups excluding tert-OH is 1. The highest BCUT2D eigenvalue weighted by molar-refractivity contribution is 6.30. The molecule has 0 spiro atoms. The van der Waals surface area contributed by atoms with Gasteiger partial charge in [-0.2, -0.15) is 0 Å². The van der Waals surface area contributed by atoms with Gasteiger partial charge in [0.2, 0.25) is 0 Å². The molecule has 94 valence electrons. The fourth-order valence-corrected chi connectivity index (χ4v) is 1.89. The monoisotopic (exact) mass is 262 g/mol. The third kappa shape index (κ3) is 3.03. The van der Waals surface area contributed by atoms with Crippen molar-refractivity contribution in [2.75, 3.05) is 0 Å². The van der Waals surface area contributed by atoms with Crippen molar-refractivity contribution in [3.63, 3.8) is 0 Å². The third-order valence-electron chi connectivity index (χ3n) is 2.75. The second-order valence-electron chi connectivity index (χ2n) is 4.01. The van der Waals surface area contributed by atoms with Crippen molar-refractivity contribution in [3.05, 3.63) is 58.6 Å². The maximum Gasteiger partial charge on any atom is 0.133 e. The molecule has 0 aromatic heterocycles. The standard InChI is InChI=1S/C15H15ClO2/c1-2-11-3-6-14(7-4-11)18-15-8-5-13(16)9-12(15)10-17/h3-9,17H,2,10H2,1H3. The molecule has 0 fully saturated rings. The van der Waals surface area contributed by atoms with Crippen LogP contribution in [0.15, 0.2) is 42.5 Å². The average Bonchev–Trinajstić information content (AvgIpc) is 2.41. The van der Waals surface area contributed by atoms with Crippen LogP contribution in [-0.2, 0) is 13.0 Å². The van der Waals surface area contributed by atoms with Gasteiger partial charge in [-0.3, -0.25) is 0 Å². The summed E-state index contributed by atoms with van der Waals surface area (Å²) in [5.74, 6) is 1.38. The second-order valence-corrected chi connectivity index (χ2v) is 4.45. The Bertz CT molecular complexity index is 521. The van der Waals surface area contributed by atoms with Crippen LogP contribution in [0.3, 0.4) is 0 Å². The SMILES string of the molecule is CCc1ccc(Oc2ccc(Cl)cc2CO)cc1. The molecular weight excluding hydrogens is 248 g/mol. The molecule has 3 heteroatoms. The largest absolute Gasteiger partial charge is 0.457 e. The van der Waals surface area contributed by atoms with E-state index in [2.05, 4.69) is 6.92 Å². The smallest absolute Gasteiger partial charge is 0.133 e. The number of hydrogen-bond donors (Lipinski definition) is 1. The summed E-state index contributed by atoms with van der Waals surface area (Å²) in [6, 6.07) is 13.1. The van der Waals surface area contributed by atoms with E-state index in [0.29, 0.717) is 16.3 Å². The maximum atomic E-state index is 9.26. The quantitative estimate of drug-likeness (QED) is 0.895. The first-order valence-electron chi connectivity index (χ1n) is 5.89. The molecule has 0 bridgehead atoms. The van der Waals surface area contributed by atoms with E-state index in [1.165, 1.54) is 5.56 Å². The molecule has 0 aliphatic carbocycles. The first kappa shape index (κ1) is 12.9. The van der Waals surface area contributed by atoms with Gasteiger partial charge in [0, 0.05) is 10.6 Å². The minimum Gasteiger partial charge on any atom is -0.457 e. The van der Waals surface area contributed by atoms with Crippen molar-refractivity contribution < 1.29 is 9.84 Å². The number of aryl methyl sites for hydroxylation is 1. The van der Waals surface area contributed by atoms with E-state index in [1.54, 1.807) is 18.2 Å². The summed E-state index contributed by atoms with van der Waals surface area (Å²) in [6.07, 6.45) is 1.00.